The van der Waals surface area contributed by atoms with E-state index in [1.54, 1.807) is 6.20 Å². The Labute approximate surface area is 144 Å². The van der Waals surface area contributed by atoms with Gasteiger partial charge in [-0.05, 0) is 24.3 Å². The lowest BCUT2D eigenvalue weighted by atomic mass is 9.87. The van der Waals surface area contributed by atoms with Gasteiger partial charge in [-0.1, -0.05) is 24.1 Å². The molecule has 0 spiro atoms. The van der Waals surface area contributed by atoms with E-state index in [9.17, 15) is 14.3 Å². The van der Waals surface area contributed by atoms with E-state index >= 15 is 0 Å². The third-order valence-corrected chi connectivity index (χ3v) is 4.73. The van der Waals surface area contributed by atoms with Crippen LogP contribution in [0.15, 0.2) is 48.7 Å². The van der Waals surface area contributed by atoms with Gasteiger partial charge in [-0.3, -0.25) is 9.69 Å². The Morgan fingerprint density at radius 3 is 2.76 bits per heavy atom. The number of halogens is 1. The molecule has 2 aromatic carbocycles. The van der Waals surface area contributed by atoms with Gasteiger partial charge in [0, 0.05) is 35.3 Å². The Balaban J connectivity index is 2.05. The summed E-state index contributed by atoms with van der Waals surface area (Å²) in [5.74, 6) is 1.33. The topological polar surface area (TPSA) is 45.5 Å². The summed E-state index contributed by atoms with van der Waals surface area (Å²) in [6.45, 7) is 0.00451. The number of fused-ring (bicyclic) bond motifs is 2. The number of hydrogen-bond acceptors (Lipinski definition) is 2. The van der Waals surface area contributed by atoms with Gasteiger partial charge in [-0.15, -0.1) is 6.42 Å². The molecule has 3 aromatic rings. The molecule has 0 bridgehead atoms. The molecule has 4 nitrogen and oxygen atoms in total. The average molecular weight is 334 g/mol. The van der Waals surface area contributed by atoms with Crippen LogP contribution in [0.25, 0.3) is 10.9 Å². The van der Waals surface area contributed by atoms with Gasteiger partial charge >= 0.3 is 0 Å². The predicted molar refractivity (Wildman–Crippen MR) is 93.5 cm³/mol. The molecule has 1 amide bonds. The highest BCUT2D eigenvalue weighted by Gasteiger charge is 2.52. The Hall–Kier alpha value is -3.10. The van der Waals surface area contributed by atoms with Crippen LogP contribution in [0.2, 0.25) is 0 Å². The molecule has 0 radical (unpaired) electrons. The quantitative estimate of drug-likeness (QED) is 0.732. The summed E-state index contributed by atoms with van der Waals surface area (Å²) in [6, 6.07) is 11.4. The van der Waals surface area contributed by atoms with Crippen LogP contribution in [0.4, 0.5) is 10.1 Å². The van der Waals surface area contributed by atoms with Crippen molar-refractivity contribution in [2.75, 3.05) is 11.4 Å². The van der Waals surface area contributed by atoms with Crippen molar-refractivity contribution >= 4 is 22.5 Å². The molecule has 0 unspecified atom stereocenters. The number of carbonyl (C=O) groups excluding carboxylic acids is 1. The van der Waals surface area contributed by atoms with Gasteiger partial charge in [0.25, 0.3) is 5.91 Å². The zero-order valence-corrected chi connectivity index (χ0v) is 13.5. The molecule has 0 saturated heterocycles. The van der Waals surface area contributed by atoms with Crippen LogP contribution in [0.3, 0.4) is 0 Å². The van der Waals surface area contributed by atoms with Gasteiger partial charge in [0.15, 0.2) is 5.60 Å². The largest absolute Gasteiger partial charge is 0.372 e. The molecule has 1 aliphatic heterocycles. The van der Waals surface area contributed by atoms with Crippen molar-refractivity contribution in [3.05, 3.63) is 65.6 Å². The minimum absolute atomic E-state index is 0.00451. The number of anilines is 1. The van der Waals surface area contributed by atoms with Crippen LogP contribution in [-0.2, 0) is 17.4 Å². The molecule has 4 rings (SSSR count). The minimum atomic E-state index is -1.98. The van der Waals surface area contributed by atoms with Gasteiger partial charge in [-0.25, -0.2) is 4.39 Å². The third-order valence-electron chi connectivity index (χ3n) is 4.73. The number of aliphatic hydroxyl groups is 1. The molecule has 2 heterocycles. The van der Waals surface area contributed by atoms with E-state index in [1.807, 2.05) is 35.9 Å². The van der Waals surface area contributed by atoms with Crippen LogP contribution >= 0.6 is 0 Å². The summed E-state index contributed by atoms with van der Waals surface area (Å²) in [4.78, 5) is 14.4. The fourth-order valence-electron chi connectivity index (χ4n) is 3.59. The lowest BCUT2D eigenvalue weighted by Gasteiger charge is -2.22. The third kappa shape index (κ3) is 1.95. The summed E-state index contributed by atoms with van der Waals surface area (Å²) in [6.07, 6.45) is 7.08. The second kappa shape index (κ2) is 5.20. The van der Waals surface area contributed by atoms with E-state index in [4.69, 9.17) is 6.42 Å². The molecule has 1 atom stereocenters. The first kappa shape index (κ1) is 15.4. The minimum Gasteiger partial charge on any atom is -0.372 e. The van der Waals surface area contributed by atoms with Gasteiger partial charge in [0.05, 0.1) is 12.2 Å². The number of amides is 1. The fourth-order valence-corrected chi connectivity index (χ4v) is 3.59. The second-order valence-electron chi connectivity index (χ2n) is 6.14. The summed E-state index contributed by atoms with van der Waals surface area (Å²) in [5, 5.41) is 12.2. The average Bonchev–Trinajstić information content (AvgIpc) is 3.05. The maximum atomic E-state index is 13.9. The van der Waals surface area contributed by atoms with Crippen molar-refractivity contribution < 1.29 is 14.3 Å². The molecular formula is C20H15FN2O2. The van der Waals surface area contributed by atoms with Gasteiger partial charge in [0.2, 0.25) is 0 Å². The molecule has 25 heavy (non-hydrogen) atoms. The number of benzene rings is 2. The first-order chi connectivity index (χ1) is 12.0. The number of rotatable bonds is 2. The number of aromatic nitrogens is 1. The number of hydrogen-bond donors (Lipinski definition) is 1. The first-order valence-corrected chi connectivity index (χ1v) is 7.81. The Bertz CT molecular complexity index is 1060. The Kier molecular flexibility index (Phi) is 3.21. The number of aryl methyl sites for hydroxylation is 1. The van der Waals surface area contributed by atoms with Crippen LogP contribution in [0.5, 0.6) is 0 Å². The lowest BCUT2D eigenvalue weighted by molar-refractivity contribution is -0.131. The van der Waals surface area contributed by atoms with Crippen LogP contribution in [0, 0.1) is 18.2 Å². The van der Waals surface area contributed by atoms with Crippen molar-refractivity contribution in [3.8, 4) is 12.3 Å². The normalized spacial score (nSPS) is 19.3. The molecule has 1 aromatic heterocycles. The smallest absolute Gasteiger partial charge is 0.269 e. The van der Waals surface area contributed by atoms with Gasteiger partial charge < -0.3 is 9.67 Å². The lowest BCUT2D eigenvalue weighted by Crippen LogP contribution is -2.41. The second-order valence-corrected chi connectivity index (χ2v) is 6.14. The van der Waals surface area contributed by atoms with Gasteiger partial charge in [-0.2, -0.15) is 0 Å². The summed E-state index contributed by atoms with van der Waals surface area (Å²) in [5.41, 5.74) is -0.0484. The highest BCUT2D eigenvalue weighted by Crippen LogP contribution is 2.46. The summed E-state index contributed by atoms with van der Waals surface area (Å²) < 4.78 is 15.7. The van der Waals surface area contributed by atoms with Crippen molar-refractivity contribution in [3.63, 3.8) is 0 Å². The molecule has 1 aliphatic rings. The van der Waals surface area contributed by atoms with Gasteiger partial charge in [0.1, 0.15) is 5.82 Å². The van der Waals surface area contributed by atoms with Crippen LogP contribution in [-0.4, -0.2) is 22.1 Å². The number of para-hydroxylation sites is 1. The summed E-state index contributed by atoms with van der Waals surface area (Å²) >= 11 is 0. The van der Waals surface area contributed by atoms with E-state index in [-0.39, 0.29) is 12.1 Å². The van der Waals surface area contributed by atoms with Crippen molar-refractivity contribution in [2.45, 2.75) is 5.60 Å². The Morgan fingerprint density at radius 2 is 2.00 bits per heavy atom. The van der Waals surface area contributed by atoms with Crippen LogP contribution in [0.1, 0.15) is 11.1 Å². The maximum Gasteiger partial charge on any atom is 0.269 e. The highest BCUT2D eigenvalue weighted by molar-refractivity contribution is 6.11. The zero-order chi connectivity index (χ0) is 17.8. The summed E-state index contributed by atoms with van der Waals surface area (Å²) in [7, 11) is 1.83. The van der Waals surface area contributed by atoms with Crippen molar-refractivity contribution in [2.24, 2.45) is 7.05 Å². The standard InChI is InChI=1S/C20H15FN2O2/c1-3-10-23-18-9-8-13(21)11-15(18)20(25,19(23)24)16-12-22(2)17-7-5-4-6-14(16)17/h1,4-9,11-12,25H,10H2,2H3/t20-/m0/s1. The number of nitrogens with zero attached hydrogens (tertiary/aromatic N) is 2. The maximum absolute atomic E-state index is 13.9. The fraction of sp³-hybridized carbons (Fsp3) is 0.150. The van der Waals surface area contributed by atoms with E-state index in [1.165, 1.54) is 23.1 Å². The molecule has 0 aliphatic carbocycles. The Morgan fingerprint density at radius 1 is 1.24 bits per heavy atom. The SMILES string of the molecule is C#CCN1C(=O)[C@@](O)(c2cn(C)c3ccccc23)c2cc(F)ccc21. The molecule has 0 fully saturated rings. The zero-order valence-electron chi connectivity index (χ0n) is 13.5. The molecule has 1 N–H and O–H groups in total. The molecule has 0 saturated carbocycles. The monoisotopic (exact) mass is 334 g/mol. The number of terminal acetylenes is 1. The van der Waals surface area contributed by atoms with Crippen molar-refractivity contribution in [1.29, 1.82) is 0 Å². The predicted octanol–water partition coefficient (Wildman–Crippen LogP) is 2.53. The van der Waals surface area contributed by atoms with Crippen LogP contribution < -0.4 is 4.90 Å². The van der Waals surface area contributed by atoms with E-state index in [0.717, 1.165) is 10.9 Å². The van der Waals surface area contributed by atoms with Crippen molar-refractivity contribution in [1.82, 2.24) is 4.57 Å². The van der Waals surface area contributed by atoms with E-state index < -0.39 is 17.3 Å². The molecule has 5 heteroatoms. The van der Waals surface area contributed by atoms with E-state index in [0.29, 0.717) is 11.3 Å². The highest BCUT2D eigenvalue weighted by atomic mass is 19.1. The van der Waals surface area contributed by atoms with E-state index in [2.05, 4.69) is 5.92 Å². The number of carbonyl (C=O) groups is 1. The first-order valence-electron chi connectivity index (χ1n) is 7.81. The molecular weight excluding hydrogens is 319 g/mol. The molecule has 124 valence electrons.